The second kappa shape index (κ2) is 36.8. The molecule has 0 saturated carbocycles. The van der Waals surface area contributed by atoms with Crippen molar-refractivity contribution in [3.63, 3.8) is 0 Å². The van der Waals surface area contributed by atoms with Crippen molar-refractivity contribution in [3.8, 4) is 0 Å². The van der Waals surface area contributed by atoms with Crippen LogP contribution in [0.15, 0.2) is 36.5 Å². The quantitative estimate of drug-likeness (QED) is 0.0211. The fourth-order valence-electron chi connectivity index (χ4n) is 7.48. The van der Waals surface area contributed by atoms with Gasteiger partial charge >= 0.3 is 11.9 Å². The van der Waals surface area contributed by atoms with Crippen molar-refractivity contribution >= 4 is 11.9 Å². The molecule has 2 rings (SSSR count). The van der Waals surface area contributed by atoms with Crippen LogP contribution in [0.2, 0.25) is 0 Å². The summed E-state index contributed by atoms with van der Waals surface area (Å²) in [4.78, 5) is 25.7. The molecule has 0 bridgehead atoms. The van der Waals surface area contributed by atoms with Crippen molar-refractivity contribution in [2.75, 3.05) is 26.4 Å². The van der Waals surface area contributed by atoms with E-state index >= 15 is 0 Å². The molecule has 11 unspecified atom stereocenters. The van der Waals surface area contributed by atoms with Gasteiger partial charge in [0.05, 0.1) is 19.8 Å². The van der Waals surface area contributed by atoms with Crippen LogP contribution in [0, 0.1) is 0 Å². The standard InChI is InChI=1S/C49H86O15/c1-3-5-7-9-11-13-15-17-18-20-22-24-26-28-30-32-41(52)62-37(34-59-40(51)31-29-27-25-23-21-19-16-14-12-10-8-6-4-2)35-60-48-47(58)45(56)43(54)39(64-48)36-61-49-46(57)44(55)42(53)38(33-50)63-49/h11,13-14,16-18,37-39,42-50,53-58H,3-10,12,15,19-36H2,1-2H3/b13-11-,16-14-,18-17-. The van der Waals surface area contributed by atoms with E-state index < -0.39 is 92.7 Å². The number of aliphatic hydroxyl groups excluding tert-OH is 7. The van der Waals surface area contributed by atoms with Gasteiger partial charge in [0.2, 0.25) is 0 Å². The highest BCUT2D eigenvalue weighted by Gasteiger charge is 2.47. The van der Waals surface area contributed by atoms with Crippen LogP contribution in [0.3, 0.4) is 0 Å². The summed E-state index contributed by atoms with van der Waals surface area (Å²) in [5, 5.41) is 72.0. The topological polar surface area (TPSA) is 231 Å². The Morgan fingerprint density at radius 3 is 1.50 bits per heavy atom. The van der Waals surface area contributed by atoms with E-state index in [1.807, 2.05) is 0 Å². The van der Waals surface area contributed by atoms with Gasteiger partial charge in [0, 0.05) is 12.8 Å². The molecule has 0 aromatic carbocycles. The highest BCUT2D eigenvalue weighted by Crippen LogP contribution is 2.26. The predicted molar refractivity (Wildman–Crippen MR) is 243 cm³/mol. The van der Waals surface area contributed by atoms with E-state index in [-0.39, 0.29) is 26.1 Å². The van der Waals surface area contributed by atoms with Crippen molar-refractivity contribution in [2.45, 2.75) is 235 Å². The number of hydrogen-bond donors (Lipinski definition) is 7. The number of allylic oxidation sites excluding steroid dienone is 6. The van der Waals surface area contributed by atoms with Crippen molar-refractivity contribution in [2.24, 2.45) is 0 Å². The van der Waals surface area contributed by atoms with E-state index in [2.05, 4.69) is 50.3 Å². The first-order valence-corrected chi connectivity index (χ1v) is 24.6. The zero-order valence-electron chi connectivity index (χ0n) is 39.0. The second-order valence-corrected chi connectivity index (χ2v) is 17.3. The average molecular weight is 915 g/mol. The zero-order chi connectivity index (χ0) is 46.8. The summed E-state index contributed by atoms with van der Waals surface area (Å²) >= 11 is 0. The van der Waals surface area contributed by atoms with Crippen LogP contribution in [-0.2, 0) is 38.0 Å². The number of aliphatic hydroxyl groups is 7. The number of carbonyl (C=O) groups excluding carboxylic acids is 2. The van der Waals surface area contributed by atoms with E-state index in [4.69, 9.17) is 28.4 Å². The molecule has 2 saturated heterocycles. The van der Waals surface area contributed by atoms with Crippen LogP contribution in [0.1, 0.15) is 168 Å². The van der Waals surface area contributed by atoms with Crippen molar-refractivity contribution in [1.82, 2.24) is 0 Å². The van der Waals surface area contributed by atoms with Crippen molar-refractivity contribution < 1.29 is 73.8 Å². The number of ether oxygens (including phenoxy) is 6. The van der Waals surface area contributed by atoms with E-state index in [0.29, 0.717) is 12.8 Å². The minimum Gasteiger partial charge on any atom is -0.462 e. The lowest BCUT2D eigenvalue weighted by Crippen LogP contribution is -2.61. The van der Waals surface area contributed by atoms with E-state index in [0.717, 1.165) is 83.5 Å². The third kappa shape index (κ3) is 25.0. The molecule has 0 aromatic heterocycles. The van der Waals surface area contributed by atoms with Crippen molar-refractivity contribution in [1.29, 1.82) is 0 Å². The van der Waals surface area contributed by atoms with Gasteiger partial charge in [-0.15, -0.1) is 0 Å². The minimum atomic E-state index is -1.77. The Bertz CT molecular complexity index is 1260. The Kier molecular flexibility index (Phi) is 33.3. The molecule has 15 heteroatoms. The zero-order valence-corrected chi connectivity index (χ0v) is 39.0. The normalized spacial score (nSPS) is 26.9. The summed E-state index contributed by atoms with van der Waals surface area (Å²) < 4.78 is 33.5. The monoisotopic (exact) mass is 915 g/mol. The third-order valence-electron chi connectivity index (χ3n) is 11.6. The first kappa shape index (κ1) is 57.8. The summed E-state index contributed by atoms with van der Waals surface area (Å²) in [6.07, 6.45) is 20.3. The molecule has 372 valence electrons. The molecule has 64 heavy (non-hydrogen) atoms. The third-order valence-corrected chi connectivity index (χ3v) is 11.6. The van der Waals surface area contributed by atoms with E-state index in [1.54, 1.807) is 0 Å². The van der Waals surface area contributed by atoms with Gasteiger partial charge in [-0.25, -0.2) is 0 Å². The highest BCUT2D eigenvalue weighted by molar-refractivity contribution is 5.70. The lowest BCUT2D eigenvalue weighted by atomic mass is 9.98. The summed E-state index contributed by atoms with van der Waals surface area (Å²) in [7, 11) is 0. The maximum absolute atomic E-state index is 13.0. The van der Waals surface area contributed by atoms with E-state index in [1.165, 1.54) is 44.9 Å². The van der Waals surface area contributed by atoms with Gasteiger partial charge in [0.15, 0.2) is 18.7 Å². The molecule has 0 amide bonds. The second-order valence-electron chi connectivity index (χ2n) is 17.3. The molecule has 2 aliphatic heterocycles. The Hall–Kier alpha value is -2.28. The molecule has 2 heterocycles. The number of carbonyl (C=O) groups is 2. The summed E-state index contributed by atoms with van der Waals surface area (Å²) in [6, 6.07) is 0. The molecule has 2 fully saturated rings. The molecule has 11 atom stereocenters. The number of esters is 2. The molecular weight excluding hydrogens is 829 g/mol. The molecule has 7 N–H and O–H groups in total. The SMILES string of the molecule is CCCCC/C=C\C/C=C\CCCCCCCC(=O)OC(COC(=O)CCCCCCC/C=C\CCCCCC)COC1OC(COC2OC(CO)C(O)C(O)C2O)C(O)C(O)C1O. The highest BCUT2D eigenvalue weighted by atomic mass is 16.7. The minimum absolute atomic E-state index is 0.147. The Balaban J connectivity index is 1.84. The fraction of sp³-hybridized carbons (Fsp3) is 0.837. The molecule has 0 radical (unpaired) electrons. The van der Waals surface area contributed by atoms with Gasteiger partial charge in [-0.05, 0) is 70.6 Å². The van der Waals surface area contributed by atoms with E-state index in [9.17, 15) is 45.3 Å². The van der Waals surface area contributed by atoms with Crippen LogP contribution in [0.25, 0.3) is 0 Å². The van der Waals surface area contributed by atoms with Crippen LogP contribution in [0.5, 0.6) is 0 Å². The number of unbranched alkanes of at least 4 members (excludes halogenated alkanes) is 17. The van der Waals surface area contributed by atoms with Gasteiger partial charge in [-0.1, -0.05) is 121 Å². The summed E-state index contributed by atoms with van der Waals surface area (Å²) in [5.74, 6) is -0.952. The molecule has 0 aromatic rings. The van der Waals surface area contributed by atoms with Crippen LogP contribution < -0.4 is 0 Å². The van der Waals surface area contributed by atoms with Crippen LogP contribution in [0.4, 0.5) is 0 Å². The van der Waals surface area contributed by atoms with Gasteiger partial charge in [-0.2, -0.15) is 0 Å². The summed E-state index contributed by atoms with van der Waals surface area (Å²) in [6.45, 7) is 2.51. The first-order chi connectivity index (χ1) is 31.0. The van der Waals surface area contributed by atoms with Gasteiger partial charge < -0.3 is 64.2 Å². The average Bonchev–Trinajstić information content (AvgIpc) is 3.29. The Labute approximate surface area is 383 Å². The molecule has 0 aliphatic carbocycles. The van der Waals surface area contributed by atoms with Gasteiger partial charge in [0.25, 0.3) is 0 Å². The Morgan fingerprint density at radius 1 is 0.500 bits per heavy atom. The smallest absolute Gasteiger partial charge is 0.306 e. The lowest BCUT2D eigenvalue weighted by molar-refractivity contribution is -0.332. The molecule has 0 spiro atoms. The molecule has 15 nitrogen and oxygen atoms in total. The number of hydrogen-bond acceptors (Lipinski definition) is 15. The maximum Gasteiger partial charge on any atom is 0.306 e. The predicted octanol–water partition coefficient (Wildman–Crippen LogP) is 6.15. The maximum atomic E-state index is 13.0. The summed E-state index contributed by atoms with van der Waals surface area (Å²) in [5.41, 5.74) is 0. The lowest BCUT2D eigenvalue weighted by Gasteiger charge is -2.42. The van der Waals surface area contributed by atoms with Crippen LogP contribution >= 0.6 is 0 Å². The van der Waals surface area contributed by atoms with Gasteiger partial charge in [-0.3, -0.25) is 9.59 Å². The number of rotatable bonds is 37. The first-order valence-electron chi connectivity index (χ1n) is 24.6. The van der Waals surface area contributed by atoms with Crippen molar-refractivity contribution in [3.05, 3.63) is 36.5 Å². The molecular formula is C49H86O15. The Morgan fingerprint density at radius 2 is 0.938 bits per heavy atom. The van der Waals surface area contributed by atoms with Crippen LogP contribution in [-0.4, -0.2) is 142 Å². The largest absolute Gasteiger partial charge is 0.462 e. The van der Waals surface area contributed by atoms with Gasteiger partial charge in [0.1, 0.15) is 55.4 Å². The fourth-order valence-corrected chi connectivity index (χ4v) is 7.48. The molecule has 2 aliphatic rings.